The zero-order valence-corrected chi connectivity index (χ0v) is 14.0. The highest BCUT2D eigenvalue weighted by atomic mass is 16.5. The first-order chi connectivity index (χ1) is 12.0. The molecule has 3 aromatic rings. The van der Waals surface area contributed by atoms with Crippen molar-refractivity contribution in [2.75, 3.05) is 19.0 Å². The second-order valence-corrected chi connectivity index (χ2v) is 5.74. The summed E-state index contributed by atoms with van der Waals surface area (Å²) in [7, 11) is 3.96. The number of ketones is 1. The number of nitrogens with zero attached hydrogens (tertiary/aromatic N) is 2. The summed E-state index contributed by atoms with van der Waals surface area (Å²) in [6.45, 7) is 0. The normalized spacial score (nSPS) is 11.0. The fourth-order valence-electron chi connectivity index (χ4n) is 2.32. The van der Waals surface area contributed by atoms with Gasteiger partial charge in [-0.1, -0.05) is 18.2 Å². The maximum absolute atomic E-state index is 12.3. The SMILES string of the molecule is CN(C)c1ccc(/C=C/C(=O)c2ccc(-[n+]3cc(=O)o[nH]3)cc2)cc1. The molecule has 1 heterocycles. The van der Waals surface area contributed by atoms with Crippen molar-refractivity contribution in [3.8, 4) is 5.69 Å². The van der Waals surface area contributed by atoms with E-state index in [-0.39, 0.29) is 5.78 Å². The molecule has 0 radical (unpaired) electrons. The first-order valence-electron chi connectivity index (χ1n) is 7.73. The van der Waals surface area contributed by atoms with Crippen LogP contribution in [0, 0.1) is 0 Å². The average Bonchev–Trinajstić information content (AvgIpc) is 3.06. The van der Waals surface area contributed by atoms with Crippen LogP contribution in [0.4, 0.5) is 5.69 Å². The van der Waals surface area contributed by atoms with Crippen LogP contribution in [0.25, 0.3) is 11.8 Å². The molecule has 0 unspecified atom stereocenters. The number of carbonyl (C=O) groups excluding carboxylic acids is 1. The summed E-state index contributed by atoms with van der Waals surface area (Å²) in [5.74, 6) is -0.0890. The Kier molecular flexibility index (Phi) is 4.61. The zero-order chi connectivity index (χ0) is 17.8. The lowest BCUT2D eigenvalue weighted by Gasteiger charge is -2.11. The highest BCUT2D eigenvalue weighted by Gasteiger charge is 2.11. The van der Waals surface area contributed by atoms with Gasteiger partial charge in [-0.15, -0.1) is 0 Å². The van der Waals surface area contributed by atoms with E-state index in [1.807, 2.05) is 43.3 Å². The van der Waals surface area contributed by atoms with Gasteiger partial charge in [-0.25, -0.2) is 4.79 Å². The molecule has 6 nitrogen and oxygen atoms in total. The number of hydrogen-bond donors (Lipinski definition) is 1. The van der Waals surface area contributed by atoms with Crippen molar-refractivity contribution in [2.24, 2.45) is 0 Å². The fraction of sp³-hybridized carbons (Fsp3) is 0.105. The standard InChI is InChI=1S/C19H17N3O3/c1-21(2)16-8-3-14(4-9-16)5-12-18(23)15-6-10-17(11-7-15)22-13-19(24)25-20-22/h3-13H,1-2H3/p+1/b12-5+. The topological polar surface area (TPSA) is 70.2 Å². The summed E-state index contributed by atoms with van der Waals surface area (Å²) in [5, 5.41) is 2.46. The monoisotopic (exact) mass is 336 g/mol. The minimum Gasteiger partial charge on any atom is -0.378 e. The molecule has 0 spiro atoms. The van der Waals surface area contributed by atoms with Crippen LogP contribution in [-0.2, 0) is 0 Å². The predicted molar refractivity (Wildman–Crippen MR) is 95.0 cm³/mol. The molecular weight excluding hydrogens is 318 g/mol. The van der Waals surface area contributed by atoms with Gasteiger partial charge in [0.2, 0.25) is 5.69 Å². The summed E-state index contributed by atoms with van der Waals surface area (Å²) in [4.78, 5) is 25.3. The van der Waals surface area contributed by atoms with Crippen LogP contribution >= 0.6 is 0 Å². The van der Waals surface area contributed by atoms with Gasteiger partial charge in [0.25, 0.3) is 6.20 Å². The number of rotatable bonds is 5. The zero-order valence-electron chi connectivity index (χ0n) is 14.0. The lowest BCUT2D eigenvalue weighted by atomic mass is 10.1. The number of aromatic amines is 1. The lowest BCUT2D eigenvalue weighted by Crippen LogP contribution is -2.32. The molecule has 2 aromatic carbocycles. The number of nitrogens with one attached hydrogen (secondary N) is 1. The molecule has 0 aliphatic carbocycles. The third-order valence-electron chi connectivity index (χ3n) is 3.75. The summed E-state index contributed by atoms with van der Waals surface area (Å²) >= 11 is 0. The van der Waals surface area contributed by atoms with Gasteiger partial charge in [0.1, 0.15) is 0 Å². The third kappa shape index (κ3) is 3.92. The van der Waals surface area contributed by atoms with Crippen molar-refractivity contribution in [3.05, 3.63) is 82.4 Å². The molecule has 126 valence electrons. The molecule has 0 bridgehead atoms. The smallest absolute Gasteiger partial charge is 0.378 e. The molecule has 0 saturated heterocycles. The van der Waals surface area contributed by atoms with E-state index < -0.39 is 5.63 Å². The van der Waals surface area contributed by atoms with Crippen molar-refractivity contribution in [2.45, 2.75) is 0 Å². The lowest BCUT2D eigenvalue weighted by molar-refractivity contribution is -0.670. The van der Waals surface area contributed by atoms with Crippen molar-refractivity contribution in [1.29, 1.82) is 0 Å². The summed E-state index contributed by atoms with van der Waals surface area (Å²) in [5.41, 5.74) is 2.86. The van der Waals surface area contributed by atoms with E-state index in [0.717, 1.165) is 11.3 Å². The molecule has 1 N–H and O–H groups in total. The minimum absolute atomic E-state index is 0.0890. The second kappa shape index (κ2) is 7.00. The third-order valence-corrected chi connectivity index (χ3v) is 3.75. The molecule has 0 amide bonds. The van der Waals surface area contributed by atoms with Crippen LogP contribution < -0.4 is 15.2 Å². The number of H-pyrrole nitrogens is 1. The number of hydrogen-bond acceptors (Lipinski definition) is 4. The summed E-state index contributed by atoms with van der Waals surface area (Å²) in [6, 6.07) is 14.8. The maximum Gasteiger partial charge on any atom is 0.427 e. The van der Waals surface area contributed by atoms with E-state index in [1.54, 1.807) is 36.4 Å². The van der Waals surface area contributed by atoms with E-state index >= 15 is 0 Å². The highest BCUT2D eigenvalue weighted by Crippen LogP contribution is 2.14. The average molecular weight is 336 g/mol. The maximum atomic E-state index is 12.3. The Morgan fingerprint density at radius 3 is 2.32 bits per heavy atom. The molecular formula is C19H18N3O3+. The molecule has 0 saturated carbocycles. The van der Waals surface area contributed by atoms with E-state index in [0.29, 0.717) is 11.3 Å². The molecule has 1 aromatic heterocycles. The van der Waals surface area contributed by atoms with Crippen LogP contribution in [0.15, 0.2) is 70.1 Å². The van der Waals surface area contributed by atoms with Crippen LogP contribution in [-0.4, -0.2) is 25.1 Å². The van der Waals surface area contributed by atoms with E-state index in [1.165, 1.54) is 10.9 Å². The van der Waals surface area contributed by atoms with E-state index in [2.05, 4.69) is 9.79 Å². The minimum atomic E-state index is -0.469. The Bertz CT molecular complexity index is 949. The largest absolute Gasteiger partial charge is 0.427 e. The predicted octanol–water partition coefficient (Wildman–Crippen LogP) is 2.21. The van der Waals surface area contributed by atoms with Crippen LogP contribution in [0.1, 0.15) is 15.9 Å². The van der Waals surface area contributed by atoms with Gasteiger partial charge in [0, 0.05) is 37.5 Å². The Balaban J connectivity index is 1.71. The molecule has 0 aliphatic rings. The molecule has 25 heavy (non-hydrogen) atoms. The molecule has 6 heteroatoms. The van der Waals surface area contributed by atoms with Gasteiger partial charge < -0.3 is 4.90 Å². The van der Waals surface area contributed by atoms with Gasteiger partial charge in [0.05, 0.1) is 0 Å². The van der Waals surface area contributed by atoms with Crippen molar-refractivity contribution in [3.63, 3.8) is 0 Å². The number of allylic oxidation sites excluding steroid dienone is 1. The van der Waals surface area contributed by atoms with E-state index in [4.69, 9.17) is 0 Å². The summed E-state index contributed by atoms with van der Waals surface area (Å²) < 4.78 is 6.05. The van der Waals surface area contributed by atoms with Crippen LogP contribution in [0.5, 0.6) is 0 Å². The van der Waals surface area contributed by atoms with Crippen molar-refractivity contribution in [1.82, 2.24) is 5.27 Å². The number of aromatic nitrogens is 2. The molecule has 0 aliphatic heterocycles. The fourth-order valence-corrected chi connectivity index (χ4v) is 2.32. The van der Waals surface area contributed by atoms with Gasteiger partial charge in [0.15, 0.2) is 5.78 Å². The quantitative estimate of drug-likeness (QED) is 0.441. The summed E-state index contributed by atoms with van der Waals surface area (Å²) in [6.07, 6.45) is 4.62. The highest BCUT2D eigenvalue weighted by molar-refractivity contribution is 6.06. The first-order valence-corrected chi connectivity index (χ1v) is 7.73. The van der Waals surface area contributed by atoms with Gasteiger partial charge in [-0.3, -0.25) is 9.32 Å². The van der Waals surface area contributed by atoms with Gasteiger partial charge >= 0.3 is 5.63 Å². The van der Waals surface area contributed by atoms with E-state index in [9.17, 15) is 9.59 Å². The van der Waals surface area contributed by atoms with Gasteiger partial charge in [-0.2, -0.15) is 0 Å². The van der Waals surface area contributed by atoms with Crippen LogP contribution in [0.3, 0.4) is 0 Å². The Morgan fingerprint density at radius 1 is 1.08 bits per heavy atom. The number of benzene rings is 2. The second-order valence-electron chi connectivity index (χ2n) is 5.74. The molecule has 3 rings (SSSR count). The molecule has 0 fully saturated rings. The Labute approximate surface area is 144 Å². The van der Waals surface area contributed by atoms with Crippen molar-refractivity contribution < 1.29 is 14.0 Å². The number of carbonyl (C=O) groups is 1. The number of anilines is 1. The van der Waals surface area contributed by atoms with Crippen LogP contribution in [0.2, 0.25) is 0 Å². The first kappa shape index (κ1) is 16.4. The van der Waals surface area contributed by atoms with Crippen molar-refractivity contribution >= 4 is 17.5 Å². The molecule has 0 atom stereocenters. The Morgan fingerprint density at radius 2 is 1.76 bits per heavy atom. The van der Waals surface area contributed by atoms with Gasteiger partial charge in [-0.05, 0) is 45.9 Å². The Hall–Kier alpha value is -3.41.